The van der Waals surface area contributed by atoms with Crippen LogP contribution in [0.1, 0.15) is 12.8 Å². The Labute approximate surface area is 123 Å². The van der Waals surface area contributed by atoms with Gasteiger partial charge >= 0.3 is 12.0 Å². The van der Waals surface area contributed by atoms with Crippen LogP contribution in [-0.2, 0) is 4.79 Å². The van der Waals surface area contributed by atoms with Crippen LogP contribution < -0.4 is 5.32 Å². The normalized spacial score (nSPS) is 25.4. The summed E-state index contributed by atoms with van der Waals surface area (Å²) in [4.78, 5) is 27.1. The Bertz CT molecular complexity index is 359. The van der Waals surface area contributed by atoms with Gasteiger partial charge in [-0.25, -0.2) is 9.59 Å². The van der Waals surface area contributed by atoms with Crippen LogP contribution in [0.5, 0.6) is 0 Å². The average Bonchev–Trinajstić information content (AvgIpc) is 2.46. The molecule has 0 bridgehead atoms. The van der Waals surface area contributed by atoms with E-state index in [0.717, 1.165) is 31.7 Å². The lowest BCUT2D eigenvalue weighted by Gasteiger charge is -2.34. The molecule has 2 heterocycles. The number of rotatable bonds is 3. The number of nitrogens with one attached hydrogen (secondary N) is 1. The molecule has 2 N–H and O–H groups in total. The molecule has 0 aromatic heterocycles. The molecule has 0 aliphatic carbocycles. The van der Waals surface area contributed by atoms with Gasteiger partial charge < -0.3 is 20.2 Å². The molecule has 2 aliphatic rings. The monoisotopic (exact) mass is 301 g/mol. The zero-order valence-corrected chi connectivity index (χ0v) is 12.7. The van der Waals surface area contributed by atoms with Crippen molar-refractivity contribution in [2.75, 3.05) is 44.7 Å². The predicted molar refractivity (Wildman–Crippen MR) is 79.1 cm³/mol. The summed E-state index contributed by atoms with van der Waals surface area (Å²) in [5, 5.41) is 12.1. The molecular weight excluding hydrogens is 278 g/mol. The molecule has 0 radical (unpaired) electrons. The van der Waals surface area contributed by atoms with Gasteiger partial charge in [0.05, 0.1) is 0 Å². The Morgan fingerprint density at radius 3 is 2.65 bits per heavy atom. The highest BCUT2D eigenvalue weighted by atomic mass is 32.2. The predicted octanol–water partition coefficient (Wildman–Crippen LogP) is 0.540. The van der Waals surface area contributed by atoms with Crippen molar-refractivity contribution in [3.05, 3.63) is 0 Å². The van der Waals surface area contributed by atoms with Gasteiger partial charge in [-0.3, -0.25) is 0 Å². The molecule has 2 amide bonds. The number of carboxylic acids is 1. The minimum Gasteiger partial charge on any atom is -0.480 e. The van der Waals surface area contributed by atoms with Gasteiger partial charge in [0.25, 0.3) is 0 Å². The largest absolute Gasteiger partial charge is 0.480 e. The molecule has 7 heteroatoms. The van der Waals surface area contributed by atoms with Crippen molar-refractivity contribution in [3.8, 4) is 0 Å². The lowest BCUT2D eigenvalue weighted by atomic mass is 9.97. The number of piperidine rings is 1. The zero-order valence-electron chi connectivity index (χ0n) is 11.9. The van der Waals surface area contributed by atoms with Crippen molar-refractivity contribution in [2.45, 2.75) is 18.9 Å². The molecule has 1 atom stereocenters. The summed E-state index contributed by atoms with van der Waals surface area (Å²) in [5.41, 5.74) is 0. The van der Waals surface area contributed by atoms with E-state index in [2.05, 4.69) is 17.3 Å². The maximum atomic E-state index is 12.2. The van der Waals surface area contributed by atoms with E-state index in [1.54, 1.807) is 11.8 Å². The summed E-state index contributed by atoms with van der Waals surface area (Å²) in [6, 6.07) is -0.914. The van der Waals surface area contributed by atoms with Gasteiger partial charge in [-0.05, 0) is 38.9 Å². The third kappa shape index (κ3) is 4.02. The fourth-order valence-electron chi connectivity index (χ4n) is 2.65. The van der Waals surface area contributed by atoms with Gasteiger partial charge in [0.15, 0.2) is 0 Å². The summed E-state index contributed by atoms with van der Waals surface area (Å²) in [5.74, 6) is 0.895. The first-order valence-electron chi connectivity index (χ1n) is 7.11. The summed E-state index contributed by atoms with van der Waals surface area (Å²) in [6.45, 7) is 3.31. The number of aliphatic carboxylic acids is 1. The smallest absolute Gasteiger partial charge is 0.327 e. The van der Waals surface area contributed by atoms with Crippen LogP contribution >= 0.6 is 11.8 Å². The third-order valence-electron chi connectivity index (χ3n) is 4.05. The lowest BCUT2D eigenvalue weighted by molar-refractivity contribution is -0.141. The van der Waals surface area contributed by atoms with Gasteiger partial charge in [-0.15, -0.1) is 0 Å². The molecule has 0 spiro atoms. The highest BCUT2D eigenvalue weighted by molar-refractivity contribution is 7.99. The number of carboxylic acid groups (broad SMARTS) is 1. The van der Waals surface area contributed by atoms with Crippen LogP contribution in [0.3, 0.4) is 0 Å². The summed E-state index contributed by atoms with van der Waals surface area (Å²) in [7, 11) is 2.11. The number of amides is 2. The van der Waals surface area contributed by atoms with E-state index in [4.69, 9.17) is 5.11 Å². The van der Waals surface area contributed by atoms with Crippen LogP contribution in [0.15, 0.2) is 0 Å². The fraction of sp³-hybridized carbons (Fsp3) is 0.846. The summed E-state index contributed by atoms with van der Waals surface area (Å²) >= 11 is 1.59. The number of hydrogen-bond donors (Lipinski definition) is 2. The molecule has 2 saturated heterocycles. The van der Waals surface area contributed by atoms with Crippen LogP contribution in [0, 0.1) is 5.92 Å². The number of hydrogen-bond acceptors (Lipinski definition) is 4. The van der Waals surface area contributed by atoms with E-state index in [9.17, 15) is 9.59 Å². The van der Waals surface area contributed by atoms with Gasteiger partial charge in [-0.1, -0.05) is 0 Å². The van der Waals surface area contributed by atoms with E-state index in [1.165, 1.54) is 4.90 Å². The molecule has 0 saturated carbocycles. The molecule has 1 unspecified atom stereocenters. The van der Waals surface area contributed by atoms with E-state index >= 15 is 0 Å². The Morgan fingerprint density at radius 1 is 1.30 bits per heavy atom. The second-order valence-electron chi connectivity index (χ2n) is 5.56. The maximum absolute atomic E-state index is 12.2. The number of carbonyl (C=O) groups excluding carboxylic acids is 1. The summed E-state index contributed by atoms with van der Waals surface area (Å²) < 4.78 is 0. The van der Waals surface area contributed by atoms with Crippen molar-refractivity contribution in [1.82, 2.24) is 15.1 Å². The van der Waals surface area contributed by atoms with Crippen molar-refractivity contribution < 1.29 is 14.7 Å². The lowest BCUT2D eigenvalue weighted by Crippen LogP contribution is -2.54. The molecule has 20 heavy (non-hydrogen) atoms. The van der Waals surface area contributed by atoms with Gasteiger partial charge in [0, 0.05) is 24.6 Å². The second-order valence-corrected chi connectivity index (χ2v) is 6.70. The molecule has 6 nitrogen and oxygen atoms in total. The van der Waals surface area contributed by atoms with E-state index < -0.39 is 12.0 Å². The molecule has 0 aromatic rings. The topological polar surface area (TPSA) is 72.9 Å². The standard InChI is InChI=1S/C13H23N3O3S/c1-15-4-2-10(3-5-15)8-14-13(19)16-6-7-20-9-11(16)12(17)18/h10-11H,2-9H2,1H3,(H,14,19)(H,17,18). The number of likely N-dealkylation sites (tertiary alicyclic amines) is 1. The third-order valence-corrected chi connectivity index (χ3v) is 5.08. The highest BCUT2D eigenvalue weighted by Gasteiger charge is 2.32. The summed E-state index contributed by atoms with van der Waals surface area (Å²) in [6.07, 6.45) is 2.18. The number of urea groups is 1. The Kier molecular flexibility index (Phi) is 5.54. The minimum atomic E-state index is -0.911. The van der Waals surface area contributed by atoms with Crippen molar-refractivity contribution >= 4 is 23.8 Å². The van der Waals surface area contributed by atoms with Gasteiger partial charge in [0.2, 0.25) is 0 Å². The van der Waals surface area contributed by atoms with Crippen molar-refractivity contribution in [2.24, 2.45) is 5.92 Å². The first-order chi connectivity index (χ1) is 9.58. The molecule has 2 rings (SSSR count). The zero-order chi connectivity index (χ0) is 14.5. The van der Waals surface area contributed by atoms with Crippen LogP contribution in [-0.4, -0.2) is 77.7 Å². The highest BCUT2D eigenvalue weighted by Crippen LogP contribution is 2.18. The molecule has 0 aromatic carbocycles. The van der Waals surface area contributed by atoms with Crippen LogP contribution in [0.4, 0.5) is 4.79 Å². The Hall–Kier alpha value is -0.950. The average molecular weight is 301 g/mol. The number of thioether (sulfide) groups is 1. The first-order valence-corrected chi connectivity index (χ1v) is 8.27. The molecule has 114 valence electrons. The second kappa shape index (κ2) is 7.17. The minimum absolute atomic E-state index is 0.225. The van der Waals surface area contributed by atoms with Crippen molar-refractivity contribution in [3.63, 3.8) is 0 Å². The molecule has 2 fully saturated rings. The van der Waals surface area contributed by atoms with E-state index in [0.29, 0.717) is 24.8 Å². The van der Waals surface area contributed by atoms with Gasteiger partial charge in [-0.2, -0.15) is 11.8 Å². The Balaban J connectivity index is 1.79. The van der Waals surface area contributed by atoms with Crippen LogP contribution in [0.2, 0.25) is 0 Å². The molecular formula is C13H23N3O3S. The van der Waals surface area contributed by atoms with Gasteiger partial charge in [0.1, 0.15) is 6.04 Å². The van der Waals surface area contributed by atoms with E-state index in [1.807, 2.05) is 0 Å². The first kappa shape index (κ1) is 15.4. The Morgan fingerprint density at radius 2 is 2.00 bits per heavy atom. The number of nitrogens with zero attached hydrogens (tertiary/aromatic N) is 2. The quantitative estimate of drug-likeness (QED) is 0.796. The molecule has 2 aliphatic heterocycles. The number of carbonyl (C=O) groups is 2. The van der Waals surface area contributed by atoms with E-state index in [-0.39, 0.29) is 6.03 Å². The van der Waals surface area contributed by atoms with Crippen molar-refractivity contribution in [1.29, 1.82) is 0 Å². The van der Waals surface area contributed by atoms with Crippen LogP contribution in [0.25, 0.3) is 0 Å². The fourth-order valence-corrected chi connectivity index (χ4v) is 3.69. The maximum Gasteiger partial charge on any atom is 0.327 e. The SMILES string of the molecule is CN1CCC(CNC(=O)N2CCSCC2C(=O)O)CC1.